The molecule has 30 heavy (non-hydrogen) atoms. The zero-order valence-electron chi connectivity index (χ0n) is 17.5. The van der Waals surface area contributed by atoms with Crippen molar-refractivity contribution in [3.8, 4) is 5.75 Å². The summed E-state index contributed by atoms with van der Waals surface area (Å²) in [6, 6.07) is 11.6. The molecule has 3 heterocycles. The number of furan rings is 1. The lowest BCUT2D eigenvalue weighted by Crippen LogP contribution is -2.48. The number of aryl methyl sites for hydroxylation is 2. The maximum Gasteiger partial charge on any atom is 0.253 e. The summed E-state index contributed by atoms with van der Waals surface area (Å²) >= 11 is 0. The SMILES string of the molecule is Cc1cc(C(=O)N2CCN(Cc3ccco3)CC2)cc(C)c1OCc1cccnc1. The van der Waals surface area contributed by atoms with Gasteiger partial charge >= 0.3 is 0 Å². The van der Waals surface area contributed by atoms with E-state index >= 15 is 0 Å². The molecule has 6 nitrogen and oxygen atoms in total. The van der Waals surface area contributed by atoms with Gasteiger partial charge in [-0.15, -0.1) is 0 Å². The van der Waals surface area contributed by atoms with E-state index in [9.17, 15) is 4.79 Å². The Morgan fingerprint density at radius 1 is 1.10 bits per heavy atom. The van der Waals surface area contributed by atoms with Crippen molar-refractivity contribution in [1.82, 2.24) is 14.8 Å². The van der Waals surface area contributed by atoms with Crippen molar-refractivity contribution in [3.05, 3.63) is 83.1 Å². The third-order valence-electron chi connectivity index (χ3n) is 5.43. The van der Waals surface area contributed by atoms with Gasteiger partial charge in [-0.05, 0) is 55.3 Å². The Morgan fingerprint density at radius 2 is 1.87 bits per heavy atom. The van der Waals surface area contributed by atoms with E-state index in [4.69, 9.17) is 9.15 Å². The number of pyridine rings is 1. The number of piperazine rings is 1. The van der Waals surface area contributed by atoms with Crippen LogP contribution in [0.5, 0.6) is 5.75 Å². The second-order valence-corrected chi connectivity index (χ2v) is 7.74. The number of aromatic nitrogens is 1. The molecule has 1 aliphatic rings. The van der Waals surface area contributed by atoms with Crippen LogP contribution in [-0.2, 0) is 13.2 Å². The standard InChI is InChI=1S/C24H27N3O3/c1-18-13-21(14-19(2)23(18)30-17-20-5-3-7-25-15-20)24(28)27-10-8-26(9-11-27)16-22-6-4-12-29-22/h3-7,12-15H,8-11,16-17H2,1-2H3. The molecule has 1 fully saturated rings. The highest BCUT2D eigenvalue weighted by atomic mass is 16.5. The number of amides is 1. The molecule has 156 valence electrons. The van der Waals surface area contributed by atoms with Crippen LogP contribution in [0.4, 0.5) is 0 Å². The van der Waals surface area contributed by atoms with Gasteiger partial charge in [0.25, 0.3) is 5.91 Å². The maximum absolute atomic E-state index is 13.1. The maximum atomic E-state index is 13.1. The molecule has 0 aliphatic carbocycles. The second-order valence-electron chi connectivity index (χ2n) is 7.74. The van der Waals surface area contributed by atoms with E-state index in [-0.39, 0.29) is 5.91 Å². The van der Waals surface area contributed by atoms with Crippen LogP contribution >= 0.6 is 0 Å². The predicted octanol–water partition coefficient (Wildman–Crippen LogP) is 3.83. The van der Waals surface area contributed by atoms with Crippen molar-refractivity contribution in [2.24, 2.45) is 0 Å². The number of carbonyl (C=O) groups is 1. The van der Waals surface area contributed by atoms with Crippen LogP contribution in [0.2, 0.25) is 0 Å². The molecule has 0 unspecified atom stereocenters. The molecule has 0 bridgehead atoms. The molecule has 0 saturated carbocycles. The van der Waals surface area contributed by atoms with E-state index in [0.29, 0.717) is 6.61 Å². The lowest BCUT2D eigenvalue weighted by atomic mass is 10.0. The van der Waals surface area contributed by atoms with E-state index in [0.717, 1.165) is 66.5 Å². The van der Waals surface area contributed by atoms with Crippen LogP contribution in [-0.4, -0.2) is 46.9 Å². The van der Waals surface area contributed by atoms with Crippen LogP contribution in [0.1, 0.15) is 32.8 Å². The van der Waals surface area contributed by atoms with Crippen molar-refractivity contribution >= 4 is 5.91 Å². The zero-order valence-corrected chi connectivity index (χ0v) is 17.5. The molecule has 1 amide bonds. The summed E-state index contributed by atoms with van der Waals surface area (Å²) in [6.07, 6.45) is 5.25. The van der Waals surface area contributed by atoms with Gasteiger partial charge in [-0.3, -0.25) is 14.7 Å². The molecule has 0 spiro atoms. The van der Waals surface area contributed by atoms with Crippen molar-refractivity contribution in [3.63, 3.8) is 0 Å². The molecule has 2 aromatic heterocycles. The Kier molecular flexibility index (Phi) is 6.14. The molecule has 1 aliphatic heterocycles. The number of hydrogen-bond donors (Lipinski definition) is 0. The first kappa shape index (κ1) is 20.2. The van der Waals surface area contributed by atoms with E-state index < -0.39 is 0 Å². The van der Waals surface area contributed by atoms with Crippen LogP contribution in [0.15, 0.2) is 59.5 Å². The highest BCUT2D eigenvalue weighted by Gasteiger charge is 2.23. The summed E-state index contributed by atoms with van der Waals surface area (Å²) in [7, 11) is 0. The highest BCUT2D eigenvalue weighted by Crippen LogP contribution is 2.26. The molecule has 4 rings (SSSR count). The molecule has 1 aromatic carbocycles. The number of carbonyl (C=O) groups excluding carboxylic acids is 1. The van der Waals surface area contributed by atoms with Crippen molar-refractivity contribution < 1.29 is 13.9 Å². The number of hydrogen-bond acceptors (Lipinski definition) is 5. The number of nitrogens with zero attached hydrogens (tertiary/aromatic N) is 3. The van der Waals surface area contributed by atoms with Gasteiger partial charge in [-0.1, -0.05) is 6.07 Å². The van der Waals surface area contributed by atoms with E-state index in [1.165, 1.54) is 0 Å². The summed E-state index contributed by atoms with van der Waals surface area (Å²) in [6.45, 7) is 8.35. The normalized spacial score (nSPS) is 14.7. The average molecular weight is 405 g/mol. The van der Waals surface area contributed by atoms with Gasteiger partial charge in [-0.2, -0.15) is 0 Å². The lowest BCUT2D eigenvalue weighted by molar-refractivity contribution is 0.0620. The minimum Gasteiger partial charge on any atom is -0.488 e. The number of rotatable bonds is 6. The fourth-order valence-electron chi connectivity index (χ4n) is 3.86. The topological polar surface area (TPSA) is 58.8 Å². The Labute approximate surface area is 177 Å². The quantitative estimate of drug-likeness (QED) is 0.624. The van der Waals surface area contributed by atoms with E-state index in [1.54, 1.807) is 18.7 Å². The van der Waals surface area contributed by atoms with Gasteiger partial charge in [-0.25, -0.2) is 0 Å². The van der Waals surface area contributed by atoms with E-state index in [2.05, 4.69) is 9.88 Å². The molecule has 0 radical (unpaired) electrons. The van der Waals surface area contributed by atoms with Gasteiger partial charge in [0.15, 0.2) is 0 Å². The van der Waals surface area contributed by atoms with Gasteiger partial charge in [0.05, 0.1) is 12.8 Å². The van der Waals surface area contributed by atoms with Crippen molar-refractivity contribution in [2.45, 2.75) is 27.0 Å². The summed E-state index contributed by atoms with van der Waals surface area (Å²) in [5, 5.41) is 0. The monoisotopic (exact) mass is 405 g/mol. The van der Waals surface area contributed by atoms with Crippen LogP contribution in [0.3, 0.4) is 0 Å². The van der Waals surface area contributed by atoms with Crippen molar-refractivity contribution in [2.75, 3.05) is 26.2 Å². The highest BCUT2D eigenvalue weighted by molar-refractivity contribution is 5.95. The van der Waals surface area contributed by atoms with Crippen LogP contribution in [0, 0.1) is 13.8 Å². The van der Waals surface area contributed by atoms with Crippen LogP contribution in [0.25, 0.3) is 0 Å². The summed E-state index contributed by atoms with van der Waals surface area (Å²) in [5.74, 6) is 1.87. The molecular formula is C24H27N3O3. The molecule has 3 aromatic rings. The minimum absolute atomic E-state index is 0.0812. The first-order valence-electron chi connectivity index (χ1n) is 10.3. The van der Waals surface area contributed by atoms with Gasteiger partial charge in [0, 0.05) is 49.7 Å². The average Bonchev–Trinajstić information content (AvgIpc) is 3.27. The Morgan fingerprint density at radius 3 is 2.50 bits per heavy atom. The van der Waals surface area contributed by atoms with Gasteiger partial charge < -0.3 is 14.1 Å². The Balaban J connectivity index is 1.37. The molecule has 0 atom stereocenters. The Bertz CT molecular complexity index is 955. The van der Waals surface area contributed by atoms with Crippen LogP contribution < -0.4 is 4.74 Å². The van der Waals surface area contributed by atoms with Gasteiger partial charge in [0.1, 0.15) is 18.1 Å². The Hall–Kier alpha value is -3.12. The number of benzene rings is 1. The second kappa shape index (κ2) is 9.13. The number of ether oxygens (including phenoxy) is 1. The molecule has 1 saturated heterocycles. The predicted molar refractivity (Wildman–Crippen MR) is 114 cm³/mol. The fraction of sp³-hybridized carbons (Fsp3) is 0.333. The minimum atomic E-state index is 0.0812. The largest absolute Gasteiger partial charge is 0.488 e. The molecular weight excluding hydrogens is 378 g/mol. The fourth-order valence-corrected chi connectivity index (χ4v) is 3.86. The summed E-state index contributed by atoms with van der Waals surface area (Å²) < 4.78 is 11.4. The zero-order chi connectivity index (χ0) is 20.9. The molecule has 0 N–H and O–H groups in total. The van der Waals surface area contributed by atoms with E-state index in [1.807, 2.05) is 55.1 Å². The first-order chi connectivity index (χ1) is 14.6. The van der Waals surface area contributed by atoms with Gasteiger partial charge in [0.2, 0.25) is 0 Å². The lowest BCUT2D eigenvalue weighted by Gasteiger charge is -2.34. The smallest absolute Gasteiger partial charge is 0.253 e. The first-order valence-corrected chi connectivity index (χ1v) is 10.3. The third kappa shape index (κ3) is 4.71. The summed E-state index contributed by atoms with van der Waals surface area (Å²) in [4.78, 5) is 21.4. The summed E-state index contributed by atoms with van der Waals surface area (Å²) in [5.41, 5.74) is 3.68. The van der Waals surface area contributed by atoms with Crippen molar-refractivity contribution in [1.29, 1.82) is 0 Å². The molecule has 6 heteroatoms. The third-order valence-corrected chi connectivity index (χ3v) is 5.43.